The fourth-order valence-corrected chi connectivity index (χ4v) is 4.10. The van der Waals surface area contributed by atoms with Crippen molar-refractivity contribution in [2.45, 2.75) is 6.42 Å². The van der Waals surface area contributed by atoms with Gasteiger partial charge in [-0.15, -0.1) is 11.3 Å². The zero-order valence-electron chi connectivity index (χ0n) is 16.4. The van der Waals surface area contributed by atoms with Gasteiger partial charge in [0.05, 0.1) is 26.3 Å². The molecule has 0 saturated heterocycles. The van der Waals surface area contributed by atoms with Crippen LogP contribution in [0.1, 0.15) is 5.56 Å². The van der Waals surface area contributed by atoms with Crippen LogP contribution in [-0.4, -0.2) is 29.7 Å². The molecule has 0 spiro atoms. The van der Waals surface area contributed by atoms with Gasteiger partial charge in [-0.1, -0.05) is 18.2 Å². The van der Waals surface area contributed by atoms with Gasteiger partial charge in [-0.25, -0.2) is 4.98 Å². The molecule has 0 aliphatic rings. The van der Waals surface area contributed by atoms with E-state index in [4.69, 9.17) is 9.47 Å². The first-order valence-corrected chi connectivity index (χ1v) is 9.97. The standard InChI is InChI=1S/C22H21N3O3S/c1-25-12-14(16-6-4-5-7-19(16)25)10-21(26)24-22-23-18(13-29-22)17-11-15(27-2)8-9-20(17)28-3/h4-9,11-13H,10H2,1-3H3,(H,23,24,26). The number of thiazole rings is 1. The van der Waals surface area contributed by atoms with Gasteiger partial charge in [0.15, 0.2) is 5.13 Å². The molecule has 6 nitrogen and oxygen atoms in total. The molecule has 0 aliphatic carbocycles. The maximum Gasteiger partial charge on any atom is 0.230 e. The van der Waals surface area contributed by atoms with Crippen molar-refractivity contribution in [3.8, 4) is 22.8 Å². The number of rotatable bonds is 6. The second-order valence-corrected chi connectivity index (χ2v) is 7.47. The molecule has 0 bridgehead atoms. The lowest BCUT2D eigenvalue weighted by Crippen LogP contribution is -2.14. The summed E-state index contributed by atoms with van der Waals surface area (Å²) in [5.41, 5.74) is 3.65. The molecule has 1 amide bonds. The first-order chi connectivity index (χ1) is 14.1. The maximum absolute atomic E-state index is 12.6. The summed E-state index contributed by atoms with van der Waals surface area (Å²) in [6.45, 7) is 0. The van der Waals surface area contributed by atoms with Crippen LogP contribution in [0.15, 0.2) is 54.0 Å². The fraction of sp³-hybridized carbons (Fsp3) is 0.182. The van der Waals surface area contributed by atoms with Gasteiger partial charge in [0.25, 0.3) is 0 Å². The summed E-state index contributed by atoms with van der Waals surface area (Å²) < 4.78 is 12.8. The van der Waals surface area contributed by atoms with Crippen molar-refractivity contribution >= 4 is 33.3 Å². The van der Waals surface area contributed by atoms with Crippen LogP contribution in [-0.2, 0) is 18.3 Å². The monoisotopic (exact) mass is 407 g/mol. The van der Waals surface area contributed by atoms with E-state index in [-0.39, 0.29) is 5.91 Å². The highest BCUT2D eigenvalue weighted by Gasteiger charge is 2.15. The molecule has 0 unspecified atom stereocenters. The molecule has 148 valence electrons. The number of nitrogens with one attached hydrogen (secondary N) is 1. The molecule has 0 atom stereocenters. The van der Waals surface area contributed by atoms with E-state index in [9.17, 15) is 4.79 Å². The first kappa shape index (κ1) is 19.0. The van der Waals surface area contributed by atoms with E-state index in [0.717, 1.165) is 33.5 Å². The smallest absolute Gasteiger partial charge is 0.230 e. The maximum atomic E-state index is 12.6. The van der Waals surface area contributed by atoms with E-state index in [1.165, 1.54) is 11.3 Å². The zero-order chi connectivity index (χ0) is 20.4. The number of para-hydroxylation sites is 1. The first-order valence-electron chi connectivity index (χ1n) is 9.09. The Morgan fingerprint density at radius 3 is 2.79 bits per heavy atom. The van der Waals surface area contributed by atoms with Crippen molar-refractivity contribution in [3.63, 3.8) is 0 Å². The second-order valence-electron chi connectivity index (χ2n) is 6.61. The van der Waals surface area contributed by atoms with E-state index in [0.29, 0.717) is 17.3 Å². The highest BCUT2D eigenvalue weighted by molar-refractivity contribution is 7.14. The fourth-order valence-electron chi connectivity index (χ4n) is 3.37. The van der Waals surface area contributed by atoms with E-state index in [1.807, 2.05) is 65.7 Å². The molecule has 2 heterocycles. The molecule has 0 fully saturated rings. The van der Waals surface area contributed by atoms with E-state index in [2.05, 4.69) is 10.3 Å². The van der Waals surface area contributed by atoms with Gasteiger partial charge in [0.2, 0.25) is 5.91 Å². The summed E-state index contributed by atoms with van der Waals surface area (Å²) in [6.07, 6.45) is 2.29. The predicted molar refractivity (Wildman–Crippen MR) is 116 cm³/mol. The molecule has 0 aliphatic heterocycles. The van der Waals surface area contributed by atoms with E-state index >= 15 is 0 Å². The topological polar surface area (TPSA) is 65.4 Å². The van der Waals surface area contributed by atoms with Gasteiger partial charge >= 0.3 is 0 Å². The third-order valence-corrected chi connectivity index (χ3v) is 5.52. The number of ether oxygens (including phenoxy) is 2. The van der Waals surface area contributed by atoms with E-state index in [1.54, 1.807) is 14.2 Å². The number of hydrogen-bond acceptors (Lipinski definition) is 5. The molecule has 2 aromatic heterocycles. The second kappa shape index (κ2) is 7.97. The third kappa shape index (κ3) is 3.82. The number of carbonyl (C=O) groups is 1. The van der Waals surface area contributed by atoms with Crippen LogP contribution in [0.2, 0.25) is 0 Å². The van der Waals surface area contributed by atoms with Crippen molar-refractivity contribution in [1.82, 2.24) is 9.55 Å². The molecular formula is C22H21N3O3S. The molecule has 7 heteroatoms. The van der Waals surface area contributed by atoms with Gasteiger partial charge < -0.3 is 19.4 Å². The lowest BCUT2D eigenvalue weighted by atomic mass is 10.1. The highest BCUT2D eigenvalue weighted by atomic mass is 32.1. The van der Waals surface area contributed by atoms with Crippen LogP contribution in [0.4, 0.5) is 5.13 Å². The minimum Gasteiger partial charge on any atom is -0.497 e. The molecule has 4 rings (SSSR count). The van der Waals surface area contributed by atoms with Gasteiger partial charge in [-0.3, -0.25) is 4.79 Å². The van der Waals surface area contributed by atoms with Crippen molar-refractivity contribution in [2.75, 3.05) is 19.5 Å². The summed E-state index contributed by atoms with van der Waals surface area (Å²) in [6, 6.07) is 13.6. The summed E-state index contributed by atoms with van der Waals surface area (Å²) in [5, 5.41) is 6.44. The van der Waals surface area contributed by atoms with Crippen LogP contribution in [0.25, 0.3) is 22.2 Å². The number of hydrogen-bond donors (Lipinski definition) is 1. The van der Waals surface area contributed by atoms with Crippen LogP contribution >= 0.6 is 11.3 Å². The molecule has 1 N–H and O–H groups in total. The number of fused-ring (bicyclic) bond motifs is 1. The predicted octanol–water partition coefficient (Wildman–Crippen LogP) is 4.50. The van der Waals surface area contributed by atoms with Gasteiger partial charge in [-0.2, -0.15) is 0 Å². The Morgan fingerprint density at radius 2 is 2.00 bits per heavy atom. The van der Waals surface area contributed by atoms with Crippen molar-refractivity contribution < 1.29 is 14.3 Å². The lowest BCUT2D eigenvalue weighted by Gasteiger charge is -2.08. The number of methoxy groups -OCH3 is 2. The quantitative estimate of drug-likeness (QED) is 0.511. The molecule has 4 aromatic rings. The Bertz CT molecular complexity index is 1180. The molecule has 29 heavy (non-hydrogen) atoms. The normalized spacial score (nSPS) is 10.9. The van der Waals surface area contributed by atoms with Crippen LogP contribution in [0, 0.1) is 0 Å². The Morgan fingerprint density at radius 1 is 1.17 bits per heavy atom. The van der Waals surface area contributed by atoms with Gasteiger partial charge in [0, 0.05) is 35.1 Å². The lowest BCUT2D eigenvalue weighted by molar-refractivity contribution is -0.115. The number of amides is 1. The summed E-state index contributed by atoms with van der Waals surface area (Å²) in [4.78, 5) is 17.2. The average molecular weight is 407 g/mol. The number of aryl methyl sites for hydroxylation is 1. The average Bonchev–Trinajstić information content (AvgIpc) is 3.32. The minimum atomic E-state index is -0.0974. The SMILES string of the molecule is COc1ccc(OC)c(-c2csc(NC(=O)Cc3cn(C)c4ccccc34)n2)c1. The molecular weight excluding hydrogens is 386 g/mol. The van der Waals surface area contributed by atoms with Crippen molar-refractivity contribution in [2.24, 2.45) is 7.05 Å². The number of benzene rings is 2. The van der Waals surface area contributed by atoms with Crippen LogP contribution in [0.3, 0.4) is 0 Å². The zero-order valence-corrected chi connectivity index (χ0v) is 17.2. The van der Waals surface area contributed by atoms with E-state index < -0.39 is 0 Å². The number of nitrogens with zero attached hydrogens (tertiary/aromatic N) is 2. The summed E-state index contributed by atoms with van der Waals surface area (Å²) in [5.74, 6) is 1.32. The Kier molecular flexibility index (Phi) is 5.22. The Hall–Kier alpha value is -3.32. The van der Waals surface area contributed by atoms with Gasteiger partial charge in [0.1, 0.15) is 11.5 Å². The Balaban J connectivity index is 1.53. The molecule has 0 saturated carbocycles. The molecule has 0 radical (unpaired) electrons. The Labute approximate surface area is 172 Å². The van der Waals surface area contributed by atoms with Crippen LogP contribution in [0.5, 0.6) is 11.5 Å². The number of carbonyl (C=O) groups excluding carboxylic acids is 1. The third-order valence-electron chi connectivity index (χ3n) is 4.76. The van der Waals surface area contributed by atoms with Crippen molar-refractivity contribution in [1.29, 1.82) is 0 Å². The summed E-state index contributed by atoms with van der Waals surface area (Å²) >= 11 is 1.38. The highest BCUT2D eigenvalue weighted by Crippen LogP contribution is 2.35. The summed E-state index contributed by atoms with van der Waals surface area (Å²) in [7, 11) is 5.22. The number of aromatic nitrogens is 2. The molecule has 2 aromatic carbocycles. The van der Waals surface area contributed by atoms with Crippen LogP contribution < -0.4 is 14.8 Å². The van der Waals surface area contributed by atoms with Crippen molar-refractivity contribution in [3.05, 3.63) is 59.6 Å². The largest absolute Gasteiger partial charge is 0.497 e. The van der Waals surface area contributed by atoms with Gasteiger partial charge in [-0.05, 0) is 29.8 Å². The minimum absolute atomic E-state index is 0.0974. The number of anilines is 1.